The van der Waals surface area contributed by atoms with Crippen LogP contribution in [0.1, 0.15) is 44.2 Å². The van der Waals surface area contributed by atoms with Crippen LogP contribution in [0.25, 0.3) is 0 Å². The number of hydrogen-bond acceptors (Lipinski definition) is 2. The minimum atomic E-state index is -1.03. The summed E-state index contributed by atoms with van der Waals surface area (Å²) in [6.07, 6.45) is 3.74. The van der Waals surface area contributed by atoms with Crippen molar-refractivity contribution in [1.29, 1.82) is 0 Å². The van der Waals surface area contributed by atoms with Crippen molar-refractivity contribution < 1.29 is 14.7 Å². The van der Waals surface area contributed by atoms with Gasteiger partial charge in [-0.2, -0.15) is 0 Å². The molecule has 0 spiro atoms. The molecule has 19 heavy (non-hydrogen) atoms. The smallest absolute Gasteiger partial charge is 0.330 e. The molecule has 2 N–H and O–H groups in total. The predicted molar refractivity (Wildman–Crippen MR) is 71.5 cm³/mol. The fraction of sp³-hybridized carbons (Fsp3) is 0.467. The van der Waals surface area contributed by atoms with E-state index in [1.165, 1.54) is 0 Å². The second-order valence-corrected chi connectivity index (χ2v) is 5.42. The van der Waals surface area contributed by atoms with E-state index in [0.717, 1.165) is 25.7 Å². The number of rotatable bonds is 4. The molecular weight excluding hydrogens is 242 g/mol. The molecule has 1 saturated carbocycles. The highest BCUT2D eigenvalue weighted by atomic mass is 16.4. The Morgan fingerprint density at radius 2 is 1.79 bits per heavy atom. The Balaban J connectivity index is 2.14. The van der Waals surface area contributed by atoms with Crippen molar-refractivity contribution in [3.05, 3.63) is 35.9 Å². The molecule has 1 aliphatic rings. The molecular formula is C15H19NO3. The Kier molecular flexibility index (Phi) is 3.88. The molecule has 0 aromatic heterocycles. The predicted octanol–water partition coefficient (Wildman–Crippen LogP) is 2.51. The summed E-state index contributed by atoms with van der Waals surface area (Å²) in [7, 11) is 0. The molecule has 0 bridgehead atoms. The van der Waals surface area contributed by atoms with Gasteiger partial charge in [-0.1, -0.05) is 50.1 Å². The summed E-state index contributed by atoms with van der Waals surface area (Å²) < 4.78 is 0. The number of nitrogens with one attached hydrogen (secondary N) is 1. The highest BCUT2D eigenvalue weighted by Crippen LogP contribution is 2.38. The second-order valence-electron chi connectivity index (χ2n) is 5.42. The number of carbonyl (C=O) groups is 2. The van der Waals surface area contributed by atoms with Gasteiger partial charge in [0.1, 0.15) is 0 Å². The van der Waals surface area contributed by atoms with Gasteiger partial charge in [0.2, 0.25) is 5.91 Å². The third-order valence-electron chi connectivity index (χ3n) is 3.91. The van der Waals surface area contributed by atoms with Crippen LogP contribution >= 0.6 is 0 Å². The maximum absolute atomic E-state index is 12.3. The van der Waals surface area contributed by atoms with Crippen molar-refractivity contribution in [2.24, 2.45) is 5.41 Å². The largest absolute Gasteiger partial charge is 0.479 e. The summed E-state index contributed by atoms with van der Waals surface area (Å²) in [4.78, 5) is 23.6. The van der Waals surface area contributed by atoms with E-state index in [-0.39, 0.29) is 5.91 Å². The van der Waals surface area contributed by atoms with Crippen LogP contribution in [0.5, 0.6) is 0 Å². The normalized spacial score (nSPS) is 18.8. The lowest BCUT2D eigenvalue weighted by Crippen LogP contribution is -2.41. The zero-order chi connectivity index (χ0) is 13.9. The molecule has 0 radical (unpaired) electrons. The van der Waals surface area contributed by atoms with E-state index in [1.807, 2.05) is 13.0 Å². The number of benzene rings is 1. The average Bonchev–Trinajstić information content (AvgIpc) is 2.84. The Hall–Kier alpha value is -1.84. The van der Waals surface area contributed by atoms with Gasteiger partial charge in [0.15, 0.2) is 6.04 Å². The van der Waals surface area contributed by atoms with Gasteiger partial charge >= 0.3 is 5.97 Å². The van der Waals surface area contributed by atoms with Crippen molar-refractivity contribution in [2.45, 2.75) is 38.6 Å². The molecule has 4 heteroatoms. The highest BCUT2D eigenvalue weighted by molar-refractivity contribution is 5.88. The third-order valence-corrected chi connectivity index (χ3v) is 3.91. The fourth-order valence-electron chi connectivity index (χ4n) is 2.62. The molecule has 1 fully saturated rings. The molecule has 0 unspecified atom stereocenters. The monoisotopic (exact) mass is 261 g/mol. The average molecular weight is 261 g/mol. The molecule has 0 saturated heterocycles. The molecule has 0 aliphatic heterocycles. The van der Waals surface area contributed by atoms with Gasteiger partial charge in [-0.05, 0) is 18.4 Å². The summed E-state index contributed by atoms with van der Waals surface area (Å²) in [6, 6.07) is 7.84. The zero-order valence-electron chi connectivity index (χ0n) is 11.1. The van der Waals surface area contributed by atoms with Crippen LogP contribution in [0, 0.1) is 5.41 Å². The number of aliphatic carboxylic acids is 1. The van der Waals surface area contributed by atoms with Crippen LogP contribution in [0.3, 0.4) is 0 Å². The lowest BCUT2D eigenvalue weighted by molar-refractivity contribution is -0.143. The summed E-state index contributed by atoms with van der Waals surface area (Å²) >= 11 is 0. The number of amides is 1. The van der Waals surface area contributed by atoms with Crippen LogP contribution < -0.4 is 5.32 Å². The summed E-state index contributed by atoms with van der Waals surface area (Å²) in [5, 5.41) is 12.0. The SMILES string of the molecule is CC1(C(=O)N[C@@H](C(=O)O)c2ccccc2)CCCC1. The molecule has 2 rings (SSSR count). The lowest BCUT2D eigenvalue weighted by atomic mass is 9.87. The topological polar surface area (TPSA) is 66.4 Å². The molecule has 0 heterocycles. The van der Waals surface area contributed by atoms with Crippen molar-refractivity contribution in [3.8, 4) is 0 Å². The van der Waals surface area contributed by atoms with Gasteiger partial charge in [0.05, 0.1) is 0 Å². The van der Waals surface area contributed by atoms with Gasteiger partial charge in [-0.15, -0.1) is 0 Å². The molecule has 1 amide bonds. The van der Waals surface area contributed by atoms with E-state index < -0.39 is 17.4 Å². The maximum Gasteiger partial charge on any atom is 0.330 e. The first-order valence-corrected chi connectivity index (χ1v) is 6.62. The van der Waals surface area contributed by atoms with Crippen molar-refractivity contribution in [1.82, 2.24) is 5.32 Å². The van der Waals surface area contributed by atoms with E-state index >= 15 is 0 Å². The van der Waals surface area contributed by atoms with Crippen LogP contribution in [-0.2, 0) is 9.59 Å². The summed E-state index contributed by atoms with van der Waals surface area (Å²) in [5.74, 6) is -1.18. The first kappa shape index (κ1) is 13.6. The standard InChI is InChI=1S/C15H19NO3/c1-15(9-5-6-10-15)14(19)16-12(13(17)18)11-7-3-2-4-8-11/h2-4,7-8,12H,5-6,9-10H2,1H3,(H,16,19)(H,17,18)/t12-/m1/s1. The van der Waals surface area contributed by atoms with Gasteiger partial charge in [-0.3, -0.25) is 4.79 Å². The number of carboxylic acids is 1. The quantitative estimate of drug-likeness (QED) is 0.875. The minimum Gasteiger partial charge on any atom is -0.479 e. The van der Waals surface area contributed by atoms with Gasteiger partial charge in [-0.25, -0.2) is 4.79 Å². The van der Waals surface area contributed by atoms with E-state index in [2.05, 4.69) is 5.32 Å². The second kappa shape index (κ2) is 5.43. The fourth-order valence-corrected chi connectivity index (χ4v) is 2.62. The van der Waals surface area contributed by atoms with Crippen LogP contribution in [-0.4, -0.2) is 17.0 Å². The highest BCUT2D eigenvalue weighted by Gasteiger charge is 2.38. The Bertz CT molecular complexity index is 464. The van der Waals surface area contributed by atoms with Gasteiger partial charge in [0, 0.05) is 5.41 Å². The Morgan fingerprint density at radius 3 is 2.32 bits per heavy atom. The van der Waals surface area contributed by atoms with Crippen LogP contribution in [0.15, 0.2) is 30.3 Å². The minimum absolute atomic E-state index is 0.152. The lowest BCUT2D eigenvalue weighted by Gasteiger charge is -2.25. The molecule has 1 aromatic rings. The third kappa shape index (κ3) is 2.95. The molecule has 4 nitrogen and oxygen atoms in total. The molecule has 1 aliphatic carbocycles. The van der Waals surface area contributed by atoms with Gasteiger partial charge < -0.3 is 10.4 Å². The first-order valence-electron chi connectivity index (χ1n) is 6.62. The van der Waals surface area contributed by atoms with Crippen molar-refractivity contribution in [3.63, 3.8) is 0 Å². The number of hydrogen-bond donors (Lipinski definition) is 2. The van der Waals surface area contributed by atoms with Crippen molar-refractivity contribution in [2.75, 3.05) is 0 Å². The van der Waals surface area contributed by atoms with E-state index in [1.54, 1.807) is 24.3 Å². The molecule has 1 aromatic carbocycles. The van der Waals surface area contributed by atoms with E-state index in [0.29, 0.717) is 5.56 Å². The summed E-state index contributed by atoms with van der Waals surface area (Å²) in [5.41, 5.74) is 0.188. The number of carboxylic acid groups (broad SMARTS) is 1. The molecule has 1 atom stereocenters. The zero-order valence-corrected chi connectivity index (χ0v) is 11.1. The Morgan fingerprint density at radius 1 is 1.21 bits per heavy atom. The first-order chi connectivity index (χ1) is 9.03. The molecule has 102 valence electrons. The summed E-state index contributed by atoms with van der Waals surface area (Å²) in [6.45, 7) is 1.92. The maximum atomic E-state index is 12.3. The number of carbonyl (C=O) groups excluding carboxylic acids is 1. The van der Waals surface area contributed by atoms with Crippen LogP contribution in [0.2, 0.25) is 0 Å². The Labute approximate surface area is 112 Å². The van der Waals surface area contributed by atoms with Crippen molar-refractivity contribution >= 4 is 11.9 Å². The van der Waals surface area contributed by atoms with E-state index in [9.17, 15) is 14.7 Å². The van der Waals surface area contributed by atoms with Crippen LogP contribution in [0.4, 0.5) is 0 Å². The van der Waals surface area contributed by atoms with E-state index in [4.69, 9.17) is 0 Å². The van der Waals surface area contributed by atoms with Gasteiger partial charge in [0.25, 0.3) is 0 Å².